The number of hydrogen-bond acceptors (Lipinski definition) is 2. The molecule has 2 atom stereocenters. The second-order valence-corrected chi connectivity index (χ2v) is 7.22. The zero-order valence-electron chi connectivity index (χ0n) is 13.5. The molecule has 1 rings (SSSR count). The maximum absolute atomic E-state index is 4.13. The third-order valence-corrected chi connectivity index (χ3v) is 3.66. The SMILES string of the molecule is CC(C)CCC(C)NC(Cn1ccnc1)C(C)(C)C. The zero-order chi connectivity index (χ0) is 14.5. The van der Waals surface area contributed by atoms with E-state index in [2.05, 4.69) is 56.4 Å². The van der Waals surface area contributed by atoms with Crippen molar-refractivity contribution in [3.63, 3.8) is 0 Å². The summed E-state index contributed by atoms with van der Waals surface area (Å²) in [6.45, 7) is 14.8. The summed E-state index contributed by atoms with van der Waals surface area (Å²) in [6, 6.07) is 1.03. The van der Waals surface area contributed by atoms with Crippen molar-refractivity contribution in [2.75, 3.05) is 0 Å². The highest BCUT2D eigenvalue weighted by molar-refractivity contribution is 4.86. The first-order valence-electron chi connectivity index (χ1n) is 7.51. The minimum absolute atomic E-state index is 0.246. The summed E-state index contributed by atoms with van der Waals surface area (Å²) in [4.78, 5) is 4.13. The van der Waals surface area contributed by atoms with Gasteiger partial charge in [-0.05, 0) is 31.1 Å². The second-order valence-electron chi connectivity index (χ2n) is 7.22. The zero-order valence-corrected chi connectivity index (χ0v) is 13.5. The summed E-state index contributed by atoms with van der Waals surface area (Å²) in [6.07, 6.45) is 8.32. The lowest BCUT2D eigenvalue weighted by Gasteiger charge is -2.34. The fourth-order valence-corrected chi connectivity index (χ4v) is 2.19. The van der Waals surface area contributed by atoms with Crippen LogP contribution in [-0.2, 0) is 6.54 Å². The highest BCUT2D eigenvalue weighted by Gasteiger charge is 2.26. The lowest BCUT2D eigenvalue weighted by molar-refractivity contribution is 0.219. The van der Waals surface area contributed by atoms with Crippen LogP contribution in [0.5, 0.6) is 0 Å². The number of aromatic nitrogens is 2. The van der Waals surface area contributed by atoms with E-state index < -0.39 is 0 Å². The largest absolute Gasteiger partial charge is 0.336 e. The van der Waals surface area contributed by atoms with Gasteiger partial charge in [-0.3, -0.25) is 0 Å². The molecule has 3 heteroatoms. The molecular formula is C16H31N3. The summed E-state index contributed by atoms with van der Waals surface area (Å²) in [5.41, 5.74) is 0.246. The Labute approximate surface area is 118 Å². The quantitative estimate of drug-likeness (QED) is 0.814. The van der Waals surface area contributed by atoms with Crippen LogP contribution in [0.3, 0.4) is 0 Å². The van der Waals surface area contributed by atoms with Gasteiger partial charge in [-0.15, -0.1) is 0 Å². The van der Waals surface area contributed by atoms with Gasteiger partial charge in [0.25, 0.3) is 0 Å². The average Bonchev–Trinajstić information content (AvgIpc) is 2.77. The Kier molecular flexibility index (Phi) is 6.05. The standard InChI is InChI=1S/C16H31N3/c1-13(2)7-8-14(3)18-15(16(4,5)6)11-19-10-9-17-12-19/h9-10,12-15,18H,7-8,11H2,1-6H3. The van der Waals surface area contributed by atoms with Crippen molar-refractivity contribution in [2.24, 2.45) is 11.3 Å². The Morgan fingerprint density at radius 1 is 1.16 bits per heavy atom. The van der Waals surface area contributed by atoms with Crippen LogP contribution in [0.4, 0.5) is 0 Å². The first-order valence-corrected chi connectivity index (χ1v) is 7.51. The summed E-state index contributed by atoms with van der Waals surface area (Å²) in [5.74, 6) is 0.783. The monoisotopic (exact) mass is 265 g/mol. The Morgan fingerprint density at radius 2 is 1.84 bits per heavy atom. The predicted octanol–water partition coefficient (Wildman–Crippen LogP) is 3.71. The van der Waals surface area contributed by atoms with E-state index >= 15 is 0 Å². The third-order valence-electron chi connectivity index (χ3n) is 3.66. The molecule has 0 aliphatic carbocycles. The average molecular weight is 265 g/mol. The van der Waals surface area contributed by atoms with Crippen molar-refractivity contribution >= 4 is 0 Å². The van der Waals surface area contributed by atoms with Crippen molar-refractivity contribution < 1.29 is 0 Å². The van der Waals surface area contributed by atoms with Gasteiger partial charge in [0, 0.05) is 31.0 Å². The molecule has 1 heterocycles. The minimum Gasteiger partial charge on any atom is -0.336 e. The summed E-state index contributed by atoms with van der Waals surface area (Å²) < 4.78 is 2.16. The van der Waals surface area contributed by atoms with Gasteiger partial charge in [0.1, 0.15) is 0 Å². The van der Waals surface area contributed by atoms with Crippen molar-refractivity contribution in [1.29, 1.82) is 0 Å². The highest BCUT2D eigenvalue weighted by Crippen LogP contribution is 2.22. The molecule has 0 aliphatic rings. The molecule has 1 aromatic rings. The molecule has 110 valence electrons. The molecule has 0 bridgehead atoms. The molecule has 2 unspecified atom stereocenters. The molecule has 0 amide bonds. The van der Waals surface area contributed by atoms with Crippen LogP contribution >= 0.6 is 0 Å². The maximum Gasteiger partial charge on any atom is 0.0946 e. The fraction of sp³-hybridized carbons (Fsp3) is 0.812. The van der Waals surface area contributed by atoms with Crippen LogP contribution in [0.15, 0.2) is 18.7 Å². The minimum atomic E-state index is 0.246. The van der Waals surface area contributed by atoms with Gasteiger partial charge in [0.05, 0.1) is 6.33 Å². The molecule has 3 nitrogen and oxygen atoms in total. The van der Waals surface area contributed by atoms with E-state index in [0.29, 0.717) is 12.1 Å². The maximum atomic E-state index is 4.13. The van der Waals surface area contributed by atoms with Crippen LogP contribution in [0.2, 0.25) is 0 Å². The van der Waals surface area contributed by atoms with E-state index in [9.17, 15) is 0 Å². The number of imidazole rings is 1. The van der Waals surface area contributed by atoms with Gasteiger partial charge in [-0.2, -0.15) is 0 Å². The molecule has 0 saturated carbocycles. The summed E-state index contributed by atoms with van der Waals surface area (Å²) >= 11 is 0. The van der Waals surface area contributed by atoms with E-state index in [4.69, 9.17) is 0 Å². The van der Waals surface area contributed by atoms with Crippen molar-refractivity contribution in [3.8, 4) is 0 Å². The van der Waals surface area contributed by atoms with Crippen LogP contribution < -0.4 is 5.32 Å². The molecule has 0 radical (unpaired) electrons. The first kappa shape index (κ1) is 16.2. The fourth-order valence-electron chi connectivity index (χ4n) is 2.19. The molecule has 1 aromatic heterocycles. The normalized spacial score (nSPS) is 15.7. The Morgan fingerprint density at radius 3 is 2.32 bits per heavy atom. The van der Waals surface area contributed by atoms with Gasteiger partial charge in [0.2, 0.25) is 0 Å². The van der Waals surface area contributed by atoms with E-state index in [1.807, 2.05) is 18.7 Å². The Bertz CT molecular complexity index is 335. The van der Waals surface area contributed by atoms with Gasteiger partial charge in [0.15, 0.2) is 0 Å². The van der Waals surface area contributed by atoms with E-state index in [1.165, 1.54) is 12.8 Å². The topological polar surface area (TPSA) is 29.9 Å². The molecule has 1 N–H and O–H groups in total. The Balaban J connectivity index is 2.55. The van der Waals surface area contributed by atoms with Gasteiger partial charge >= 0.3 is 0 Å². The molecule has 0 spiro atoms. The molecule has 0 aliphatic heterocycles. The predicted molar refractivity (Wildman–Crippen MR) is 82.1 cm³/mol. The number of hydrogen-bond donors (Lipinski definition) is 1. The van der Waals surface area contributed by atoms with Crippen LogP contribution in [-0.4, -0.2) is 21.6 Å². The van der Waals surface area contributed by atoms with Crippen LogP contribution in [0.1, 0.15) is 54.4 Å². The van der Waals surface area contributed by atoms with Gasteiger partial charge in [-0.25, -0.2) is 4.98 Å². The van der Waals surface area contributed by atoms with E-state index in [-0.39, 0.29) is 5.41 Å². The number of nitrogens with one attached hydrogen (secondary N) is 1. The molecule has 0 saturated heterocycles. The van der Waals surface area contributed by atoms with Gasteiger partial charge in [-0.1, -0.05) is 34.6 Å². The molecule has 0 aromatic carbocycles. The van der Waals surface area contributed by atoms with E-state index in [1.54, 1.807) is 0 Å². The molecule has 0 fully saturated rings. The van der Waals surface area contributed by atoms with Crippen LogP contribution in [0, 0.1) is 11.3 Å². The van der Waals surface area contributed by atoms with Crippen LogP contribution in [0.25, 0.3) is 0 Å². The Hall–Kier alpha value is -0.830. The van der Waals surface area contributed by atoms with Gasteiger partial charge < -0.3 is 9.88 Å². The molecular weight excluding hydrogens is 234 g/mol. The summed E-state index contributed by atoms with van der Waals surface area (Å²) in [5, 5.41) is 3.80. The van der Waals surface area contributed by atoms with E-state index in [0.717, 1.165) is 12.5 Å². The van der Waals surface area contributed by atoms with Crippen molar-refractivity contribution in [2.45, 2.75) is 73.0 Å². The van der Waals surface area contributed by atoms with Crippen molar-refractivity contribution in [3.05, 3.63) is 18.7 Å². The smallest absolute Gasteiger partial charge is 0.0946 e. The lowest BCUT2D eigenvalue weighted by atomic mass is 9.85. The first-order chi connectivity index (χ1) is 8.79. The highest BCUT2D eigenvalue weighted by atomic mass is 15.1. The number of rotatable bonds is 7. The van der Waals surface area contributed by atoms with Crippen molar-refractivity contribution in [1.82, 2.24) is 14.9 Å². The summed E-state index contributed by atoms with van der Waals surface area (Å²) in [7, 11) is 0. The third kappa shape index (κ3) is 6.24. The lowest BCUT2D eigenvalue weighted by Crippen LogP contribution is -2.47. The second kappa shape index (κ2) is 7.09. The number of nitrogens with zero attached hydrogens (tertiary/aromatic N) is 2. The molecule has 19 heavy (non-hydrogen) atoms.